The summed E-state index contributed by atoms with van der Waals surface area (Å²) in [5.74, 6) is -0.205. The van der Waals surface area contributed by atoms with Crippen molar-refractivity contribution < 1.29 is 14.7 Å². The van der Waals surface area contributed by atoms with E-state index in [1.54, 1.807) is 18.2 Å². The Morgan fingerprint density at radius 3 is 2.95 bits per heavy atom. The summed E-state index contributed by atoms with van der Waals surface area (Å²) in [6.07, 6.45) is 0.356. The maximum Gasteiger partial charge on any atom is 0.253 e. The Kier molecular flexibility index (Phi) is 4.46. The van der Waals surface area contributed by atoms with Crippen molar-refractivity contribution in [2.24, 2.45) is 16.8 Å². The van der Waals surface area contributed by atoms with Crippen molar-refractivity contribution in [1.82, 2.24) is 0 Å². The Hall–Kier alpha value is -1.79. The van der Waals surface area contributed by atoms with Crippen molar-refractivity contribution in [3.63, 3.8) is 0 Å². The predicted octanol–water partition coefficient (Wildman–Crippen LogP) is 1.80. The molecule has 2 unspecified atom stereocenters. The Labute approximate surface area is 121 Å². The highest BCUT2D eigenvalue weighted by Gasteiger charge is 2.31. The first-order valence-electron chi connectivity index (χ1n) is 6.23. The number of amidine groups is 1. The first-order chi connectivity index (χ1) is 9.52. The minimum absolute atomic E-state index is 0.0997. The zero-order chi connectivity index (χ0) is 14.7. The number of carbonyl (C=O) groups is 1. The molecule has 0 bridgehead atoms. The minimum atomic E-state index is -0.492. The third-order valence-electron chi connectivity index (χ3n) is 3.27. The molecular formula is C13H16ClN3O3. The summed E-state index contributed by atoms with van der Waals surface area (Å²) < 4.78 is 5.40. The van der Waals surface area contributed by atoms with E-state index in [1.165, 1.54) is 0 Å². The van der Waals surface area contributed by atoms with Gasteiger partial charge >= 0.3 is 0 Å². The van der Waals surface area contributed by atoms with Crippen molar-refractivity contribution in [3.8, 4) is 0 Å². The number of rotatable bonds is 3. The minimum Gasteiger partial charge on any atom is -0.409 e. The number of nitrogens with one attached hydrogen (secondary N) is 1. The quantitative estimate of drug-likeness (QED) is 0.343. The van der Waals surface area contributed by atoms with Crippen LogP contribution in [0.4, 0.5) is 5.69 Å². The monoisotopic (exact) mass is 297 g/mol. The molecular weight excluding hydrogens is 282 g/mol. The highest BCUT2D eigenvalue weighted by atomic mass is 35.5. The zero-order valence-electron chi connectivity index (χ0n) is 11.0. The third kappa shape index (κ3) is 3.02. The van der Waals surface area contributed by atoms with Gasteiger partial charge in [-0.05, 0) is 30.5 Å². The summed E-state index contributed by atoms with van der Waals surface area (Å²) in [7, 11) is 0. The standard InChI is InChI=1S/C13H16ClN3O3/c1-7-4-5-20-11(7)13(18)16-10-6-8(14)2-3-9(10)12(15)17-19/h2-3,6-7,11,19H,4-5H2,1H3,(H2,15,17)(H,16,18). The van der Waals surface area contributed by atoms with Gasteiger partial charge in [0.1, 0.15) is 6.10 Å². The molecule has 1 aliphatic heterocycles. The topological polar surface area (TPSA) is 96.9 Å². The second-order valence-corrected chi connectivity index (χ2v) is 5.16. The average Bonchev–Trinajstić information content (AvgIpc) is 2.84. The van der Waals surface area contributed by atoms with Crippen LogP contribution in [0.3, 0.4) is 0 Å². The Balaban J connectivity index is 2.24. The second-order valence-electron chi connectivity index (χ2n) is 4.72. The van der Waals surface area contributed by atoms with E-state index in [0.717, 1.165) is 6.42 Å². The van der Waals surface area contributed by atoms with Crippen LogP contribution in [-0.2, 0) is 9.53 Å². The van der Waals surface area contributed by atoms with E-state index in [0.29, 0.717) is 22.9 Å². The number of anilines is 1. The fourth-order valence-electron chi connectivity index (χ4n) is 2.13. The molecule has 2 rings (SSSR count). The van der Waals surface area contributed by atoms with Crippen molar-refractivity contribution in [2.45, 2.75) is 19.4 Å². The number of benzene rings is 1. The highest BCUT2D eigenvalue weighted by molar-refractivity contribution is 6.31. The number of nitrogens with zero attached hydrogens (tertiary/aromatic N) is 1. The summed E-state index contributed by atoms with van der Waals surface area (Å²) in [4.78, 5) is 12.2. The van der Waals surface area contributed by atoms with E-state index in [2.05, 4.69) is 10.5 Å². The summed E-state index contributed by atoms with van der Waals surface area (Å²) in [5, 5.41) is 14.9. The lowest BCUT2D eigenvalue weighted by Gasteiger charge is -2.16. The molecule has 1 aliphatic rings. The summed E-state index contributed by atoms with van der Waals surface area (Å²) in [6, 6.07) is 4.72. The van der Waals surface area contributed by atoms with Gasteiger partial charge in [-0.25, -0.2) is 0 Å². The number of nitrogens with two attached hydrogens (primary N) is 1. The first-order valence-corrected chi connectivity index (χ1v) is 6.60. The van der Waals surface area contributed by atoms with Crippen LogP contribution >= 0.6 is 11.6 Å². The van der Waals surface area contributed by atoms with Gasteiger partial charge in [0, 0.05) is 17.2 Å². The number of amides is 1. The molecule has 1 heterocycles. The second kappa shape index (κ2) is 6.11. The van der Waals surface area contributed by atoms with Crippen LogP contribution in [0.2, 0.25) is 5.02 Å². The number of ether oxygens (including phenoxy) is 1. The van der Waals surface area contributed by atoms with Crippen molar-refractivity contribution in [3.05, 3.63) is 28.8 Å². The maximum absolute atomic E-state index is 12.2. The van der Waals surface area contributed by atoms with Gasteiger partial charge in [0.15, 0.2) is 5.84 Å². The SMILES string of the molecule is CC1CCOC1C(=O)Nc1cc(Cl)ccc1/C(N)=N/O. The molecule has 1 aromatic carbocycles. The lowest BCUT2D eigenvalue weighted by atomic mass is 10.0. The lowest BCUT2D eigenvalue weighted by Crippen LogP contribution is -2.32. The van der Waals surface area contributed by atoms with Gasteiger partial charge in [0.2, 0.25) is 0 Å². The smallest absolute Gasteiger partial charge is 0.253 e. The molecule has 1 amide bonds. The van der Waals surface area contributed by atoms with Crippen LogP contribution in [0.15, 0.2) is 23.4 Å². The molecule has 1 fully saturated rings. The van der Waals surface area contributed by atoms with Crippen LogP contribution in [0, 0.1) is 5.92 Å². The highest BCUT2D eigenvalue weighted by Crippen LogP contribution is 2.25. The van der Waals surface area contributed by atoms with Gasteiger partial charge in [0.05, 0.1) is 5.69 Å². The van der Waals surface area contributed by atoms with Crippen molar-refractivity contribution in [1.29, 1.82) is 0 Å². The normalized spacial score (nSPS) is 22.8. The third-order valence-corrected chi connectivity index (χ3v) is 3.50. The number of hydrogen-bond donors (Lipinski definition) is 3. The zero-order valence-corrected chi connectivity index (χ0v) is 11.7. The van der Waals surface area contributed by atoms with E-state index in [9.17, 15) is 4.79 Å². The number of halogens is 1. The summed E-state index contributed by atoms with van der Waals surface area (Å²) in [5.41, 5.74) is 6.36. The van der Waals surface area contributed by atoms with Crippen molar-refractivity contribution >= 4 is 29.0 Å². The van der Waals surface area contributed by atoms with Crippen LogP contribution in [0.1, 0.15) is 18.9 Å². The molecule has 0 aromatic heterocycles. The summed E-state index contributed by atoms with van der Waals surface area (Å²) in [6.45, 7) is 2.53. The Morgan fingerprint density at radius 1 is 1.60 bits per heavy atom. The van der Waals surface area contributed by atoms with Gasteiger partial charge in [-0.1, -0.05) is 23.7 Å². The van der Waals surface area contributed by atoms with Crippen LogP contribution in [0.25, 0.3) is 0 Å². The molecule has 20 heavy (non-hydrogen) atoms. The average molecular weight is 298 g/mol. The van der Waals surface area contributed by atoms with Gasteiger partial charge in [-0.3, -0.25) is 4.79 Å². The van der Waals surface area contributed by atoms with Gasteiger partial charge in [-0.2, -0.15) is 0 Å². The number of oxime groups is 1. The first kappa shape index (κ1) is 14.6. The van der Waals surface area contributed by atoms with Gasteiger partial charge in [0.25, 0.3) is 5.91 Å². The molecule has 6 nitrogen and oxygen atoms in total. The summed E-state index contributed by atoms with van der Waals surface area (Å²) >= 11 is 5.91. The van der Waals surface area contributed by atoms with E-state index in [4.69, 9.17) is 27.3 Å². The lowest BCUT2D eigenvalue weighted by molar-refractivity contribution is -0.126. The molecule has 0 spiro atoms. The Bertz CT molecular complexity index is 548. The van der Waals surface area contributed by atoms with E-state index in [-0.39, 0.29) is 17.7 Å². The fraction of sp³-hybridized carbons (Fsp3) is 0.385. The van der Waals surface area contributed by atoms with Crippen LogP contribution < -0.4 is 11.1 Å². The van der Waals surface area contributed by atoms with Crippen LogP contribution in [0.5, 0.6) is 0 Å². The molecule has 7 heteroatoms. The Morgan fingerprint density at radius 2 is 2.35 bits per heavy atom. The molecule has 4 N–H and O–H groups in total. The molecule has 1 aromatic rings. The molecule has 108 valence electrons. The van der Waals surface area contributed by atoms with Crippen LogP contribution in [-0.4, -0.2) is 29.7 Å². The van der Waals surface area contributed by atoms with E-state index >= 15 is 0 Å². The van der Waals surface area contributed by atoms with E-state index in [1.807, 2.05) is 6.92 Å². The molecule has 0 aliphatic carbocycles. The largest absolute Gasteiger partial charge is 0.409 e. The molecule has 2 atom stereocenters. The van der Waals surface area contributed by atoms with Crippen molar-refractivity contribution in [2.75, 3.05) is 11.9 Å². The number of hydrogen-bond acceptors (Lipinski definition) is 4. The van der Waals surface area contributed by atoms with Gasteiger partial charge in [-0.15, -0.1) is 0 Å². The van der Waals surface area contributed by atoms with E-state index < -0.39 is 6.10 Å². The maximum atomic E-state index is 12.2. The molecule has 0 radical (unpaired) electrons. The molecule has 0 saturated carbocycles. The number of carbonyl (C=O) groups excluding carboxylic acids is 1. The predicted molar refractivity (Wildman–Crippen MR) is 76.1 cm³/mol. The molecule has 1 saturated heterocycles. The fourth-order valence-corrected chi connectivity index (χ4v) is 2.30. The van der Waals surface area contributed by atoms with Gasteiger partial charge < -0.3 is 21.0 Å².